The summed E-state index contributed by atoms with van der Waals surface area (Å²) >= 11 is 0. The van der Waals surface area contributed by atoms with Crippen molar-refractivity contribution in [3.05, 3.63) is 54.1 Å². The molecule has 1 aromatic carbocycles. The van der Waals surface area contributed by atoms with Crippen LogP contribution >= 0.6 is 0 Å². The van der Waals surface area contributed by atoms with E-state index in [1.807, 2.05) is 43.8 Å². The molecular formula is C17H23BrN2O. The fourth-order valence-corrected chi connectivity index (χ4v) is 2.06. The van der Waals surface area contributed by atoms with Crippen LogP contribution < -0.4 is 21.5 Å². The number of aromatic nitrogens is 2. The molecule has 0 saturated heterocycles. The summed E-state index contributed by atoms with van der Waals surface area (Å²) in [7, 11) is 0. The summed E-state index contributed by atoms with van der Waals surface area (Å²) in [5.41, 5.74) is 1.02. The second-order valence-electron chi connectivity index (χ2n) is 6.19. The van der Waals surface area contributed by atoms with Gasteiger partial charge in [-0.05, 0) is 12.0 Å². The van der Waals surface area contributed by atoms with E-state index < -0.39 is 0 Å². The van der Waals surface area contributed by atoms with Crippen LogP contribution in [0.25, 0.3) is 0 Å². The number of carbonyl (C=O) groups is 1. The second-order valence-corrected chi connectivity index (χ2v) is 6.19. The summed E-state index contributed by atoms with van der Waals surface area (Å²) in [4.78, 5) is 15.4. The molecule has 0 unspecified atom stereocenters. The van der Waals surface area contributed by atoms with Crippen LogP contribution in [-0.4, -0.2) is 10.8 Å². The first kappa shape index (κ1) is 17.6. The van der Waals surface area contributed by atoms with E-state index in [1.165, 1.54) is 5.56 Å². The Labute approximate surface area is 137 Å². The number of nitrogens with zero attached hydrogens (tertiary/aromatic N) is 1. The first-order valence-electron chi connectivity index (χ1n) is 7.10. The molecular weight excluding hydrogens is 328 g/mol. The highest BCUT2D eigenvalue weighted by Gasteiger charge is 2.24. The normalized spacial score (nSPS) is 11.0. The lowest BCUT2D eigenvalue weighted by atomic mass is 9.91. The molecule has 0 radical (unpaired) electrons. The van der Waals surface area contributed by atoms with Crippen molar-refractivity contribution in [2.75, 3.05) is 0 Å². The Hall–Kier alpha value is -1.42. The minimum absolute atomic E-state index is 0. The van der Waals surface area contributed by atoms with Gasteiger partial charge >= 0.3 is 0 Å². The van der Waals surface area contributed by atoms with Gasteiger partial charge in [-0.15, -0.1) is 0 Å². The average Bonchev–Trinajstić information content (AvgIpc) is 2.84. The molecule has 0 atom stereocenters. The Bertz CT molecular complexity index is 570. The van der Waals surface area contributed by atoms with Gasteiger partial charge in [-0.2, -0.15) is 0 Å². The van der Waals surface area contributed by atoms with Crippen molar-refractivity contribution in [3.8, 4) is 0 Å². The molecule has 2 aromatic rings. The van der Waals surface area contributed by atoms with Gasteiger partial charge in [-0.3, -0.25) is 4.79 Å². The van der Waals surface area contributed by atoms with Crippen LogP contribution in [-0.2, 0) is 24.2 Å². The van der Waals surface area contributed by atoms with Crippen molar-refractivity contribution >= 4 is 5.78 Å². The number of benzene rings is 1. The van der Waals surface area contributed by atoms with Gasteiger partial charge in [0, 0.05) is 5.41 Å². The Morgan fingerprint density at radius 1 is 1.14 bits per heavy atom. The minimum atomic E-state index is -0.291. The highest BCUT2D eigenvalue weighted by molar-refractivity contribution is 5.82. The molecule has 0 saturated carbocycles. The van der Waals surface area contributed by atoms with E-state index >= 15 is 0 Å². The number of aromatic amines is 1. The van der Waals surface area contributed by atoms with E-state index in [1.54, 1.807) is 0 Å². The van der Waals surface area contributed by atoms with Crippen LogP contribution in [0.4, 0.5) is 0 Å². The Kier molecular flexibility index (Phi) is 6.34. The Morgan fingerprint density at radius 3 is 2.43 bits per heavy atom. The van der Waals surface area contributed by atoms with Crippen molar-refractivity contribution in [2.45, 2.75) is 40.2 Å². The monoisotopic (exact) mass is 350 g/mol. The standard InChI is InChI=1S/C17H22N2O.BrH/c1-17(2,3)15(20)13-19-12-11-18-16(19)10-9-14-7-5-4-6-8-14;/h4-8,11-12H,9-10,13H2,1-3H3;1H. The second kappa shape index (κ2) is 7.55. The van der Waals surface area contributed by atoms with Gasteiger partial charge in [0.05, 0.1) is 6.42 Å². The number of aryl methyl sites for hydroxylation is 2. The summed E-state index contributed by atoms with van der Waals surface area (Å²) < 4.78 is 2.02. The van der Waals surface area contributed by atoms with Gasteiger partial charge in [0.25, 0.3) is 5.82 Å². The smallest absolute Gasteiger partial charge is 0.254 e. The number of carbonyl (C=O) groups excluding carboxylic acids is 1. The fraction of sp³-hybridized carbons (Fsp3) is 0.412. The molecule has 3 nitrogen and oxygen atoms in total. The van der Waals surface area contributed by atoms with Gasteiger partial charge in [-0.1, -0.05) is 51.1 Å². The zero-order chi connectivity index (χ0) is 14.6. The van der Waals surface area contributed by atoms with Crippen LogP contribution in [0.3, 0.4) is 0 Å². The zero-order valence-electron chi connectivity index (χ0n) is 12.9. The third kappa shape index (κ3) is 5.12. The molecule has 0 bridgehead atoms. The van der Waals surface area contributed by atoms with Crippen molar-refractivity contribution in [2.24, 2.45) is 5.41 Å². The molecule has 1 aromatic heterocycles. The number of ketones is 1. The minimum Gasteiger partial charge on any atom is -1.00 e. The van der Waals surface area contributed by atoms with E-state index in [0.717, 1.165) is 18.7 Å². The lowest BCUT2D eigenvalue weighted by molar-refractivity contribution is -0.690. The van der Waals surface area contributed by atoms with Gasteiger partial charge in [0.15, 0.2) is 5.78 Å². The maximum absolute atomic E-state index is 12.1. The molecule has 1 N–H and O–H groups in total. The van der Waals surface area contributed by atoms with Crippen molar-refractivity contribution in [1.29, 1.82) is 0 Å². The van der Waals surface area contributed by atoms with E-state index in [4.69, 9.17) is 0 Å². The predicted molar refractivity (Wildman–Crippen MR) is 79.3 cm³/mol. The van der Waals surface area contributed by atoms with Crippen molar-refractivity contribution < 1.29 is 26.3 Å². The topological polar surface area (TPSA) is 36.7 Å². The first-order chi connectivity index (χ1) is 9.47. The van der Waals surface area contributed by atoms with Gasteiger partial charge in [0.1, 0.15) is 18.9 Å². The summed E-state index contributed by atoms with van der Waals surface area (Å²) in [6, 6.07) is 10.4. The van der Waals surface area contributed by atoms with Gasteiger partial charge in [-0.25, -0.2) is 9.55 Å². The molecule has 0 aliphatic heterocycles. The van der Waals surface area contributed by atoms with Crippen molar-refractivity contribution in [3.63, 3.8) is 0 Å². The number of halogens is 1. The average molecular weight is 351 g/mol. The van der Waals surface area contributed by atoms with E-state index in [-0.39, 0.29) is 28.2 Å². The first-order valence-corrected chi connectivity index (χ1v) is 7.10. The van der Waals surface area contributed by atoms with Crippen molar-refractivity contribution in [1.82, 2.24) is 4.98 Å². The van der Waals surface area contributed by atoms with E-state index in [9.17, 15) is 4.79 Å². The lowest BCUT2D eigenvalue weighted by Gasteiger charge is -2.15. The number of Topliss-reactive ketones (excluding diaryl/α,β-unsaturated/α-hetero) is 1. The Morgan fingerprint density at radius 2 is 1.81 bits per heavy atom. The van der Waals surface area contributed by atoms with Crippen LogP contribution in [0.1, 0.15) is 32.2 Å². The number of imidazole rings is 1. The maximum Gasteiger partial charge on any atom is 0.254 e. The molecule has 0 amide bonds. The van der Waals surface area contributed by atoms with E-state index in [0.29, 0.717) is 6.54 Å². The maximum atomic E-state index is 12.1. The molecule has 21 heavy (non-hydrogen) atoms. The zero-order valence-corrected chi connectivity index (χ0v) is 14.5. The quantitative estimate of drug-likeness (QED) is 0.739. The fourth-order valence-electron chi connectivity index (χ4n) is 2.06. The van der Waals surface area contributed by atoms with Crippen LogP contribution in [0.15, 0.2) is 42.7 Å². The molecule has 114 valence electrons. The highest BCUT2D eigenvalue weighted by Crippen LogP contribution is 2.14. The summed E-state index contributed by atoms with van der Waals surface area (Å²) in [6.45, 7) is 6.34. The molecule has 2 rings (SSSR count). The molecule has 0 aliphatic rings. The summed E-state index contributed by atoms with van der Waals surface area (Å²) in [5.74, 6) is 1.36. The number of H-pyrrole nitrogens is 1. The number of hydrogen-bond acceptors (Lipinski definition) is 1. The van der Waals surface area contributed by atoms with Crippen LogP contribution in [0.5, 0.6) is 0 Å². The van der Waals surface area contributed by atoms with Crippen LogP contribution in [0.2, 0.25) is 0 Å². The SMILES string of the molecule is CC(C)(C)C(=O)C[n+]1cc[nH]c1CCc1ccccc1.[Br-]. The summed E-state index contributed by atoms with van der Waals surface area (Å²) in [6.07, 6.45) is 5.74. The summed E-state index contributed by atoms with van der Waals surface area (Å²) in [5, 5.41) is 0. The molecule has 0 fully saturated rings. The number of rotatable bonds is 5. The third-order valence-electron chi connectivity index (χ3n) is 3.49. The molecule has 0 aliphatic carbocycles. The third-order valence-corrected chi connectivity index (χ3v) is 3.49. The Balaban J connectivity index is 0.00000220. The lowest BCUT2D eigenvalue weighted by Crippen LogP contribution is -3.00. The number of nitrogens with one attached hydrogen (secondary N) is 1. The van der Waals surface area contributed by atoms with Crippen LogP contribution in [0, 0.1) is 5.41 Å². The molecule has 1 heterocycles. The predicted octanol–water partition coefficient (Wildman–Crippen LogP) is -0.293. The number of hydrogen-bond donors (Lipinski definition) is 1. The van der Waals surface area contributed by atoms with Gasteiger partial charge < -0.3 is 17.0 Å². The largest absolute Gasteiger partial charge is 1.00 e. The van der Waals surface area contributed by atoms with Gasteiger partial charge in [0.2, 0.25) is 0 Å². The molecule has 4 heteroatoms. The van der Waals surface area contributed by atoms with E-state index in [2.05, 4.69) is 29.2 Å². The molecule has 0 spiro atoms. The highest BCUT2D eigenvalue weighted by atomic mass is 79.9.